The molecule has 2 heterocycles. The Labute approximate surface area is 251 Å². The van der Waals surface area contributed by atoms with E-state index in [1.165, 1.54) is 12.3 Å². The highest BCUT2D eigenvalue weighted by Crippen LogP contribution is 2.49. The number of hydrogen-bond acceptors (Lipinski definition) is 8. The molecule has 1 saturated heterocycles. The predicted molar refractivity (Wildman–Crippen MR) is 160 cm³/mol. The van der Waals surface area contributed by atoms with Gasteiger partial charge in [0.05, 0.1) is 17.6 Å². The molecule has 1 saturated carbocycles. The number of aromatic nitrogens is 2. The van der Waals surface area contributed by atoms with Crippen molar-refractivity contribution in [2.75, 3.05) is 42.0 Å². The van der Waals surface area contributed by atoms with Crippen LogP contribution in [-0.4, -0.2) is 59.7 Å². The lowest BCUT2D eigenvalue weighted by Gasteiger charge is -2.51. The number of rotatable bonds is 6. The minimum Gasteiger partial charge on any atom is -0.475 e. The number of para-hydroxylation sites is 1. The van der Waals surface area contributed by atoms with E-state index in [1.54, 1.807) is 19.4 Å². The fourth-order valence-corrected chi connectivity index (χ4v) is 6.64. The number of carboxylic acid groups (broad SMARTS) is 1. The van der Waals surface area contributed by atoms with E-state index in [2.05, 4.69) is 25.5 Å². The van der Waals surface area contributed by atoms with Gasteiger partial charge in [-0.3, -0.25) is 0 Å². The molecular weight excluding hydrogens is 611 g/mol. The maximum absolute atomic E-state index is 15.1. The summed E-state index contributed by atoms with van der Waals surface area (Å²) in [5.41, 5.74) is 8.19. The van der Waals surface area contributed by atoms with Crippen molar-refractivity contribution in [2.45, 2.75) is 37.9 Å². The first kappa shape index (κ1) is 32.5. The van der Waals surface area contributed by atoms with Gasteiger partial charge in [0, 0.05) is 30.1 Å². The van der Waals surface area contributed by atoms with Gasteiger partial charge in [-0.25, -0.2) is 14.2 Å². The van der Waals surface area contributed by atoms with E-state index >= 15 is 4.39 Å². The standard InChI is InChI=1S/C26H31ClFN6OP.C2HF3O2/c1-36(2,35)23-6-4-3-5-21(23)32-24-19(27)16-30-25(33-24)31-18-7-8-22(20(28)13-18)34-11-9-26(10-12-34)14-17(29)15-26;3-2(4,5)1(6)7/h3-8,13,16-17H,9-12,14-15,29H2,1-2H3,(H2,30,31,32,33);(H,6,7). The average molecular weight is 643 g/mol. The zero-order chi connectivity index (χ0) is 31.6. The third-order valence-corrected chi connectivity index (χ3v) is 9.31. The quantitative estimate of drug-likeness (QED) is 0.179. The molecule has 2 aliphatic rings. The Hall–Kier alpha value is -3.41. The van der Waals surface area contributed by atoms with E-state index in [0.717, 1.165) is 38.8 Å². The van der Waals surface area contributed by atoms with Crippen molar-refractivity contribution < 1.29 is 32.0 Å². The Bertz CT molecular complexity index is 1520. The van der Waals surface area contributed by atoms with E-state index in [9.17, 15) is 17.7 Å². The number of hydrogen-bond donors (Lipinski definition) is 4. The van der Waals surface area contributed by atoms with Crippen LogP contribution in [0.15, 0.2) is 48.7 Å². The minimum atomic E-state index is -5.08. The molecule has 0 bridgehead atoms. The number of halogens is 5. The third kappa shape index (κ3) is 8.16. The van der Waals surface area contributed by atoms with Crippen LogP contribution in [-0.2, 0) is 9.36 Å². The first-order chi connectivity index (χ1) is 20.1. The van der Waals surface area contributed by atoms with Crippen LogP contribution in [0.1, 0.15) is 25.7 Å². The van der Waals surface area contributed by atoms with Crippen LogP contribution in [0.2, 0.25) is 5.02 Å². The second kappa shape index (κ2) is 12.7. The van der Waals surface area contributed by atoms with Crippen LogP contribution in [0, 0.1) is 11.2 Å². The minimum absolute atomic E-state index is 0.268. The monoisotopic (exact) mass is 642 g/mol. The largest absolute Gasteiger partial charge is 0.490 e. The summed E-state index contributed by atoms with van der Waals surface area (Å²) in [5.74, 6) is -2.41. The predicted octanol–water partition coefficient (Wildman–Crippen LogP) is 6.35. The summed E-state index contributed by atoms with van der Waals surface area (Å²) in [5, 5.41) is 14.4. The number of carboxylic acids is 1. The maximum atomic E-state index is 15.1. The molecule has 9 nitrogen and oxygen atoms in total. The molecule has 43 heavy (non-hydrogen) atoms. The topological polar surface area (TPSA) is 133 Å². The number of benzene rings is 2. The van der Waals surface area contributed by atoms with E-state index in [-0.39, 0.29) is 11.8 Å². The Balaban J connectivity index is 0.000000541. The molecule has 15 heteroatoms. The van der Waals surface area contributed by atoms with Crippen LogP contribution in [0.4, 0.5) is 46.4 Å². The Morgan fingerprint density at radius 1 is 1.14 bits per heavy atom. The van der Waals surface area contributed by atoms with Crippen LogP contribution >= 0.6 is 18.7 Å². The Morgan fingerprint density at radius 3 is 2.33 bits per heavy atom. The smallest absolute Gasteiger partial charge is 0.475 e. The van der Waals surface area contributed by atoms with Crippen molar-refractivity contribution in [3.63, 3.8) is 0 Å². The summed E-state index contributed by atoms with van der Waals surface area (Å²) >= 11 is 6.33. The van der Waals surface area contributed by atoms with Crippen molar-refractivity contribution in [1.29, 1.82) is 0 Å². The van der Waals surface area contributed by atoms with Crippen molar-refractivity contribution >= 4 is 58.8 Å². The highest BCUT2D eigenvalue weighted by molar-refractivity contribution is 7.70. The van der Waals surface area contributed by atoms with Gasteiger partial charge in [0.2, 0.25) is 5.95 Å². The molecule has 3 aromatic rings. The molecule has 0 amide bonds. The number of nitrogens with two attached hydrogens (primary N) is 1. The SMILES string of the molecule is CP(C)(=O)c1ccccc1Nc1nc(Nc2ccc(N3CCC4(CC3)CC(N)C4)c(F)c2)ncc1Cl.O=C(O)C(F)(F)F. The average Bonchev–Trinajstić information content (AvgIpc) is 2.90. The molecule has 1 spiro atoms. The fourth-order valence-electron chi connectivity index (χ4n) is 5.34. The molecule has 1 aliphatic carbocycles. The lowest BCUT2D eigenvalue weighted by atomic mass is 9.60. The zero-order valence-corrected chi connectivity index (χ0v) is 25.1. The van der Waals surface area contributed by atoms with Crippen molar-refractivity contribution in [3.05, 3.63) is 59.5 Å². The van der Waals surface area contributed by atoms with Crippen LogP contribution in [0.25, 0.3) is 0 Å². The van der Waals surface area contributed by atoms with E-state index in [1.807, 2.05) is 30.3 Å². The van der Waals surface area contributed by atoms with E-state index in [4.69, 9.17) is 27.2 Å². The molecular formula is C28H32ClF4N6O3P. The Morgan fingerprint density at radius 2 is 1.77 bits per heavy atom. The molecule has 5 rings (SSSR count). The molecule has 2 aromatic carbocycles. The second-order valence-electron chi connectivity index (χ2n) is 11.1. The summed E-state index contributed by atoms with van der Waals surface area (Å²) in [6, 6.07) is 12.8. The van der Waals surface area contributed by atoms with E-state index < -0.39 is 19.3 Å². The van der Waals surface area contributed by atoms with Gasteiger partial charge in [0.15, 0.2) is 5.82 Å². The number of anilines is 5. The van der Waals surface area contributed by atoms with Gasteiger partial charge in [0.1, 0.15) is 18.0 Å². The first-order valence-corrected chi connectivity index (χ1v) is 16.4. The summed E-state index contributed by atoms with van der Waals surface area (Å²) < 4.78 is 59.5. The molecule has 0 radical (unpaired) electrons. The molecule has 0 atom stereocenters. The first-order valence-electron chi connectivity index (χ1n) is 13.4. The van der Waals surface area contributed by atoms with Crippen LogP contribution < -0.4 is 26.6 Å². The number of nitrogens with zero attached hydrogens (tertiary/aromatic N) is 3. The molecule has 232 valence electrons. The zero-order valence-electron chi connectivity index (χ0n) is 23.5. The normalized spacial score (nSPS) is 16.6. The fraction of sp³-hybridized carbons (Fsp3) is 0.393. The van der Waals surface area contributed by atoms with Gasteiger partial charge in [-0.05, 0) is 74.8 Å². The van der Waals surface area contributed by atoms with Gasteiger partial charge in [-0.1, -0.05) is 23.7 Å². The second-order valence-corrected chi connectivity index (χ2v) is 14.7. The summed E-state index contributed by atoms with van der Waals surface area (Å²) in [4.78, 5) is 19.7. The number of piperidine rings is 1. The maximum Gasteiger partial charge on any atom is 0.490 e. The van der Waals surface area contributed by atoms with Crippen LogP contribution in [0.5, 0.6) is 0 Å². The number of carbonyl (C=O) groups is 1. The molecule has 2 fully saturated rings. The lowest BCUT2D eigenvalue weighted by molar-refractivity contribution is -0.192. The lowest BCUT2D eigenvalue weighted by Crippen LogP contribution is -2.52. The highest BCUT2D eigenvalue weighted by atomic mass is 35.5. The van der Waals surface area contributed by atoms with Gasteiger partial charge < -0.3 is 30.9 Å². The molecule has 1 aliphatic heterocycles. The molecule has 0 unspecified atom stereocenters. The molecule has 1 aromatic heterocycles. The third-order valence-electron chi connectivity index (χ3n) is 7.48. The summed E-state index contributed by atoms with van der Waals surface area (Å²) in [6.45, 7) is 5.11. The number of alkyl halides is 3. The summed E-state index contributed by atoms with van der Waals surface area (Å²) in [7, 11) is -2.52. The number of nitrogens with one attached hydrogen (secondary N) is 2. The van der Waals surface area contributed by atoms with Gasteiger partial charge in [0.25, 0.3) is 0 Å². The van der Waals surface area contributed by atoms with Crippen molar-refractivity contribution in [2.24, 2.45) is 11.1 Å². The Kier molecular flexibility index (Phi) is 9.58. The molecule has 5 N–H and O–H groups in total. The van der Waals surface area contributed by atoms with Gasteiger partial charge >= 0.3 is 12.1 Å². The number of aliphatic carboxylic acids is 1. The van der Waals surface area contributed by atoms with E-state index in [0.29, 0.717) is 44.7 Å². The summed E-state index contributed by atoms with van der Waals surface area (Å²) in [6.07, 6.45) is 0.685. The highest BCUT2D eigenvalue weighted by Gasteiger charge is 2.44. The van der Waals surface area contributed by atoms with Crippen LogP contribution in [0.3, 0.4) is 0 Å². The van der Waals surface area contributed by atoms with Crippen molar-refractivity contribution in [1.82, 2.24) is 9.97 Å². The van der Waals surface area contributed by atoms with Gasteiger partial charge in [-0.15, -0.1) is 0 Å². The van der Waals surface area contributed by atoms with Crippen molar-refractivity contribution in [3.8, 4) is 0 Å². The van der Waals surface area contributed by atoms with Gasteiger partial charge in [-0.2, -0.15) is 18.2 Å².